The van der Waals surface area contributed by atoms with Crippen molar-refractivity contribution in [2.24, 2.45) is 7.05 Å². The van der Waals surface area contributed by atoms with E-state index in [1.54, 1.807) is 42.5 Å². The van der Waals surface area contributed by atoms with Crippen molar-refractivity contribution in [3.8, 4) is 11.4 Å². The maximum Gasteiger partial charge on any atom is 0.332 e. The van der Waals surface area contributed by atoms with E-state index in [0.717, 1.165) is 4.57 Å². The molecule has 0 unspecified atom stereocenters. The fourth-order valence-electron chi connectivity index (χ4n) is 2.82. The highest BCUT2D eigenvalue weighted by Gasteiger charge is 2.17. The Labute approximate surface area is 162 Å². The van der Waals surface area contributed by atoms with Gasteiger partial charge in [0.2, 0.25) is 0 Å². The lowest BCUT2D eigenvalue weighted by molar-refractivity contribution is 0.587. The molecule has 0 fully saturated rings. The summed E-state index contributed by atoms with van der Waals surface area (Å²) >= 11 is 5.89. The Hall–Kier alpha value is -3.39. The highest BCUT2D eigenvalue weighted by molar-refractivity contribution is 6.30. The van der Waals surface area contributed by atoms with Gasteiger partial charge in [0.1, 0.15) is 5.82 Å². The average Bonchev–Trinajstić information content (AvgIpc) is 2.71. The Kier molecular flexibility index (Phi) is 4.48. The third-order valence-electron chi connectivity index (χ3n) is 4.34. The number of hydrogen-bond donors (Lipinski definition) is 0. The summed E-state index contributed by atoms with van der Waals surface area (Å²) in [6, 6.07) is 12.8. The molecule has 0 bridgehead atoms. The van der Waals surface area contributed by atoms with Gasteiger partial charge in [-0.15, -0.1) is 10.2 Å². The fourth-order valence-corrected chi connectivity index (χ4v) is 2.95. The van der Waals surface area contributed by atoms with Crippen molar-refractivity contribution in [3.63, 3.8) is 0 Å². The SMILES string of the molecule is Cn1c(=O)c2nc(-c3ccc(Cl)cc3)nnc2n(Cc2ccccc2F)c1=O. The van der Waals surface area contributed by atoms with Crippen LogP contribution < -0.4 is 11.2 Å². The van der Waals surface area contributed by atoms with Gasteiger partial charge in [-0.05, 0) is 30.3 Å². The van der Waals surface area contributed by atoms with Gasteiger partial charge in [0.15, 0.2) is 17.0 Å². The minimum atomic E-state index is -0.629. The Balaban J connectivity index is 1.93. The minimum Gasteiger partial charge on any atom is -0.270 e. The molecular formula is C19H13ClFN5O2. The topological polar surface area (TPSA) is 82.7 Å². The number of halogens is 2. The fraction of sp³-hybridized carbons (Fsp3) is 0.105. The van der Waals surface area contributed by atoms with E-state index >= 15 is 0 Å². The molecule has 0 aliphatic carbocycles. The van der Waals surface area contributed by atoms with Gasteiger partial charge in [-0.3, -0.25) is 13.9 Å². The van der Waals surface area contributed by atoms with E-state index in [4.69, 9.17) is 11.6 Å². The zero-order valence-electron chi connectivity index (χ0n) is 14.6. The number of aromatic nitrogens is 5. The number of benzene rings is 2. The zero-order valence-corrected chi connectivity index (χ0v) is 15.4. The summed E-state index contributed by atoms with van der Waals surface area (Å²) in [6.45, 7) is -0.104. The van der Waals surface area contributed by atoms with E-state index in [-0.39, 0.29) is 29.1 Å². The van der Waals surface area contributed by atoms with Gasteiger partial charge in [0.25, 0.3) is 5.56 Å². The van der Waals surface area contributed by atoms with Crippen LogP contribution in [0.15, 0.2) is 58.1 Å². The molecule has 140 valence electrons. The van der Waals surface area contributed by atoms with Crippen molar-refractivity contribution in [1.29, 1.82) is 0 Å². The smallest absolute Gasteiger partial charge is 0.270 e. The van der Waals surface area contributed by atoms with Gasteiger partial charge < -0.3 is 0 Å². The molecule has 4 aromatic rings. The maximum atomic E-state index is 14.1. The molecule has 0 aliphatic rings. The second-order valence-electron chi connectivity index (χ2n) is 6.14. The normalized spacial score (nSPS) is 11.1. The van der Waals surface area contributed by atoms with E-state index in [2.05, 4.69) is 15.2 Å². The number of fused-ring (bicyclic) bond motifs is 1. The van der Waals surface area contributed by atoms with Crippen molar-refractivity contribution in [3.05, 3.63) is 85.8 Å². The Morgan fingerprint density at radius 2 is 1.75 bits per heavy atom. The van der Waals surface area contributed by atoms with Crippen molar-refractivity contribution < 1.29 is 4.39 Å². The van der Waals surface area contributed by atoms with Gasteiger partial charge >= 0.3 is 5.69 Å². The second-order valence-corrected chi connectivity index (χ2v) is 6.58. The summed E-state index contributed by atoms with van der Waals surface area (Å²) in [4.78, 5) is 29.5. The Bertz CT molecular complexity index is 1310. The highest BCUT2D eigenvalue weighted by atomic mass is 35.5. The van der Waals surface area contributed by atoms with Crippen molar-refractivity contribution in [2.45, 2.75) is 6.54 Å². The first-order valence-corrected chi connectivity index (χ1v) is 8.67. The second kappa shape index (κ2) is 6.97. The zero-order chi connectivity index (χ0) is 19.8. The molecule has 0 amide bonds. The predicted molar refractivity (Wildman–Crippen MR) is 103 cm³/mol. The van der Waals surface area contributed by atoms with Gasteiger partial charge in [-0.1, -0.05) is 29.8 Å². The largest absolute Gasteiger partial charge is 0.332 e. The van der Waals surface area contributed by atoms with Gasteiger partial charge in [-0.25, -0.2) is 14.2 Å². The van der Waals surface area contributed by atoms with Crippen LogP contribution in [0.4, 0.5) is 4.39 Å². The van der Waals surface area contributed by atoms with Gasteiger partial charge in [-0.2, -0.15) is 0 Å². The monoisotopic (exact) mass is 397 g/mol. The van der Waals surface area contributed by atoms with Crippen LogP contribution in [0, 0.1) is 5.82 Å². The summed E-state index contributed by atoms with van der Waals surface area (Å²) in [7, 11) is 1.34. The van der Waals surface area contributed by atoms with Gasteiger partial charge in [0, 0.05) is 23.2 Å². The third kappa shape index (κ3) is 3.07. The number of nitrogens with zero attached hydrogens (tertiary/aromatic N) is 5. The van der Waals surface area contributed by atoms with Crippen LogP contribution in [0.5, 0.6) is 0 Å². The standard InChI is InChI=1S/C19H13ClFN5O2/c1-25-18(27)15-17(24-23-16(22-15)11-6-8-13(20)9-7-11)26(19(25)28)10-12-4-2-3-5-14(12)21/h2-9H,10H2,1H3. The number of rotatable bonds is 3. The molecular weight excluding hydrogens is 385 g/mol. The van der Waals surface area contributed by atoms with Crippen LogP contribution in [0.25, 0.3) is 22.6 Å². The molecule has 4 rings (SSSR count). The Morgan fingerprint density at radius 3 is 2.46 bits per heavy atom. The summed E-state index contributed by atoms with van der Waals surface area (Å²) in [5, 5.41) is 8.64. The van der Waals surface area contributed by atoms with E-state index in [1.807, 2.05) is 0 Å². The molecule has 0 spiro atoms. The molecule has 0 N–H and O–H groups in total. The molecule has 28 heavy (non-hydrogen) atoms. The van der Waals surface area contributed by atoms with E-state index < -0.39 is 17.1 Å². The van der Waals surface area contributed by atoms with Crippen molar-refractivity contribution in [1.82, 2.24) is 24.3 Å². The molecule has 0 atom stereocenters. The summed E-state index contributed by atoms with van der Waals surface area (Å²) in [6.07, 6.45) is 0. The molecule has 2 aromatic carbocycles. The van der Waals surface area contributed by atoms with Crippen molar-refractivity contribution in [2.75, 3.05) is 0 Å². The lowest BCUT2D eigenvalue weighted by Crippen LogP contribution is -2.39. The quantitative estimate of drug-likeness (QED) is 0.530. The molecule has 7 nitrogen and oxygen atoms in total. The van der Waals surface area contributed by atoms with Crippen LogP contribution in [0.2, 0.25) is 5.02 Å². The predicted octanol–water partition coefficient (Wildman–Crippen LogP) is 2.39. The molecule has 2 heterocycles. The van der Waals surface area contributed by atoms with Crippen molar-refractivity contribution >= 4 is 22.8 Å². The molecule has 2 aromatic heterocycles. The first kappa shape index (κ1) is 18.0. The highest BCUT2D eigenvalue weighted by Crippen LogP contribution is 2.18. The van der Waals surface area contributed by atoms with Crippen LogP contribution in [-0.4, -0.2) is 24.3 Å². The Morgan fingerprint density at radius 1 is 1.04 bits per heavy atom. The molecule has 9 heteroatoms. The van der Waals surface area contributed by atoms with Crippen LogP contribution in [0.3, 0.4) is 0 Å². The van der Waals surface area contributed by atoms with Crippen LogP contribution >= 0.6 is 11.6 Å². The van der Waals surface area contributed by atoms with E-state index in [1.165, 1.54) is 17.7 Å². The third-order valence-corrected chi connectivity index (χ3v) is 4.59. The van der Waals surface area contributed by atoms with E-state index in [0.29, 0.717) is 10.6 Å². The lowest BCUT2D eigenvalue weighted by Gasteiger charge is -2.11. The lowest BCUT2D eigenvalue weighted by atomic mass is 10.2. The summed E-state index contributed by atoms with van der Waals surface area (Å²) in [5.74, 6) is -0.243. The molecule has 0 saturated heterocycles. The molecule has 0 radical (unpaired) electrons. The molecule has 0 aliphatic heterocycles. The molecule has 0 saturated carbocycles. The van der Waals surface area contributed by atoms with Gasteiger partial charge in [0.05, 0.1) is 6.54 Å². The average molecular weight is 398 g/mol. The van der Waals surface area contributed by atoms with E-state index in [9.17, 15) is 14.0 Å². The first-order chi connectivity index (χ1) is 13.5. The maximum absolute atomic E-state index is 14.1. The first-order valence-electron chi connectivity index (χ1n) is 8.29. The van der Waals surface area contributed by atoms with Crippen LogP contribution in [0.1, 0.15) is 5.56 Å². The summed E-state index contributed by atoms with van der Waals surface area (Å²) in [5.41, 5.74) is -0.362. The summed E-state index contributed by atoms with van der Waals surface area (Å²) < 4.78 is 16.2. The number of hydrogen-bond acceptors (Lipinski definition) is 5. The van der Waals surface area contributed by atoms with Crippen LogP contribution in [-0.2, 0) is 13.6 Å². The minimum absolute atomic E-state index is 0.00549.